The van der Waals surface area contributed by atoms with Crippen LogP contribution in [0, 0.1) is 19.8 Å². The van der Waals surface area contributed by atoms with Crippen molar-refractivity contribution in [1.82, 2.24) is 15.1 Å². The van der Waals surface area contributed by atoms with Gasteiger partial charge >= 0.3 is 5.97 Å². The molecule has 39 heavy (non-hydrogen) atoms. The maximum absolute atomic E-state index is 11.3. The van der Waals surface area contributed by atoms with Gasteiger partial charge < -0.3 is 19.5 Å². The Bertz CT molecular complexity index is 1190. The summed E-state index contributed by atoms with van der Waals surface area (Å²) in [5, 5.41) is 15.3. The molecular formula is C31H41N3O4S. The minimum absolute atomic E-state index is 0.126. The van der Waals surface area contributed by atoms with E-state index in [1.165, 1.54) is 22.3 Å². The molecule has 0 spiro atoms. The topological polar surface area (TPSA) is 74.3 Å². The van der Waals surface area contributed by atoms with Gasteiger partial charge in [0.1, 0.15) is 17.9 Å². The second kappa shape index (κ2) is 12.8. The van der Waals surface area contributed by atoms with Gasteiger partial charge in [-0.25, -0.2) is 0 Å². The molecule has 2 aromatic rings. The third kappa shape index (κ3) is 6.98. The van der Waals surface area contributed by atoms with Crippen LogP contribution in [0.4, 0.5) is 0 Å². The van der Waals surface area contributed by atoms with Gasteiger partial charge in [-0.15, -0.1) is 0 Å². The van der Waals surface area contributed by atoms with Crippen LogP contribution in [0.25, 0.3) is 5.70 Å². The smallest absolute Gasteiger partial charge is 0.306 e. The standard InChI is InChI=1S/C31H41N3O4S/c1-21-4-11-29(38-19-25-6-5-23(17-22(25)2)18-34-12-14-37-15-13-34)27(16-21)28-20-39-31(33(28)3)32-26-9-7-24(8-10-26)30(35)36/h4-6,11,16-17,20,24,26,31-32H,7-10,12-15,18-19H2,1-3H3,(H,35,36)/t24-,26+,31?. The van der Waals surface area contributed by atoms with Crippen molar-refractivity contribution >= 4 is 23.4 Å². The summed E-state index contributed by atoms with van der Waals surface area (Å²) in [6.45, 7) is 9.39. The van der Waals surface area contributed by atoms with Gasteiger partial charge in [-0.2, -0.15) is 0 Å². The number of thioether (sulfide) groups is 1. The van der Waals surface area contributed by atoms with Crippen molar-refractivity contribution < 1.29 is 19.4 Å². The number of benzene rings is 2. The lowest BCUT2D eigenvalue weighted by Crippen LogP contribution is -2.45. The molecule has 3 aliphatic rings. The number of aliphatic carboxylic acids is 1. The molecular weight excluding hydrogens is 510 g/mol. The normalized spacial score (nSPS) is 24.0. The summed E-state index contributed by atoms with van der Waals surface area (Å²) >= 11 is 1.77. The van der Waals surface area contributed by atoms with Crippen molar-refractivity contribution in [3.05, 3.63) is 69.6 Å². The number of ether oxygens (including phenoxy) is 2. The molecule has 2 heterocycles. The molecule has 0 radical (unpaired) electrons. The fraction of sp³-hybridized carbons (Fsp3) is 0.516. The molecule has 1 saturated carbocycles. The van der Waals surface area contributed by atoms with Gasteiger partial charge in [0.05, 0.1) is 24.8 Å². The summed E-state index contributed by atoms with van der Waals surface area (Å²) in [5.74, 6) is 0.0388. The van der Waals surface area contributed by atoms with E-state index in [-0.39, 0.29) is 11.4 Å². The maximum Gasteiger partial charge on any atom is 0.306 e. The zero-order valence-electron chi connectivity index (χ0n) is 23.3. The lowest BCUT2D eigenvalue weighted by molar-refractivity contribution is -0.142. The molecule has 0 aromatic heterocycles. The first-order valence-electron chi connectivity index (χ1n) is 14.1. The number of nitrogens with zero attached hydrogens (tertiary/aromatic N) is 2. The van der Waals surface area contributed by atoms with Crippen LogP contribution in [0.5, 0.6) is 5.75 Å². The fourth-order valence-corrected chi connectivity index (χ4v) is 6.82. The number of hydrogen-bond donors (Lipinski definition) is 2. The summed E-state index contributed by atoms with van der Waals surface area (Å²) < 4.78 is 11.9. The second-order valence-corrected chi connectivity index (χ2v) is 12.0. The molecule has 2 N–H and O–H groups in total. The molecule has 0 bridgehead atoms. The molecule has 2 aliphatic heterocycles. The van der Waals surface area contributed by atoms with Crippen molar-refractivity contribution in [2.75, 3.05) is 33.4 Å². The number of aryl methyl sites for hydroxylation is 2. The zero-order valence-corrected chi connectivity index (χ0v) is 24.1. The Balaban J connectivity index is 1.21. The largest absolute Gasteiger partial charge is 0.488 e. The third-order valence-corrected chi connectivity index (χ3v) is 9.28. The van der Waals surface area contributed by atoms with Crippen LogP contribution in [0.15, 0.2) is 41.8 Å². The number of carboxylic acid groups (broad SMARTS) is 1. The van der Waals surface area contributed by atoms with Gasteiger partial charge in [0.25, 0.3) is 0 Å². The number of rotatable bonds is 9. The molecule has 5 rings (SSSR count). The Labute approximate surface area is 236 Å². The predicted octanol–water partition coefficient (Wildman–Crippen LogP) is 5.21. The van der Waals surface area contributed by atoms with Gasteiger partial charge in [0.15, 0.2) is 0 Å². The highest BCUT2D eigenvalue weighted by Crippen LogP contribution is 2.39. The number of carbonyl (C=O) groups is 1. The van der Waals surface area contributed by atoms with Gasteiger partial charge in [-0.05, 0) is 73.8 Å². The Hall–Kier alpha value is -2.52. The van der Waals surface area contributed by atoms with Crippen LogP contribution in [0.2, 0.25) is 0 Å². The first kappa shape index (κ1) is 28.0. The Morgan fingerprint density at radius 3 is 2.59 bits per heavy atom. The number of nitrogens with one attached hydrogen (secondary N) is 1. The van der Waals surface area contributed by atoms with Gasteiger partial charge in [0.2, 0.25) is 0 Å². The predicted molar refractivity (Wildman–Crippen MR) is 156 cm³/mol. The van der Waals surface area contributed by atoms with Gasteiger partial charge in [-0.1, -0.05) is 41.6 Å². The van der Waals surface area contributed by atoms with Gasteiger partial charge in [-0.3, -0.25) is 15.0 Å². The van der Waals surface area contributed by atoms with E-state index in [4.69, 9.17) is 9.47 Å². The second-order valence-electron chi connectivity index (χ2n) is 11.1. The molecule has 1 unspecified atom stereocenters. The van der Waals surface area contributed by atoms with E-state index in [1.54, 1.807) is 11.8 Å². The van der Waals surface area contributed by atoms with E-state index < -0.39 is 5.97 Å². The van der Waals surface area contributed by atoms with E-state index >= 15 is 0 Å². The zero-order chi connectivity index (χ0) is 27.4. The molecule has 7 nitrogen and oxygen atoms in total. The van der Waals surface area contributed by atoms with Crippen LogP contribution >= 0.6 is 11.8 Å². The summed E-state index contributed by atoms with van der Waals surface area (Å²) in [6.07, 6.45) is 3.30. The van der Waals surface area contributed by atoms with E-state index in [2.05, 4.69) is 77.8 Å². The summed E-state index contributed by atoms with van der Waals surface area (Å²) in [7, 11) is 2.12. The highest BCUT2D eigenvalue weighted by molar-refractivity contribution is 8.03. The highest BCUT2D eigenvalue weighted by Gasteiger charge is 2.31. The molecule has 1 saturated heterocycles. The third-order valence-electron chi connectivity index (χ3n) is 8.21. The van der Waals surface area contributed by atoms with Crippen LogP contribution in [-0.2, 0) is 22.7 Å². The van der Waals surface area contributed by atoms with Crippen molar-refractivity contribution in [3.63, 3.8) is 0 Å². The number of hydrogen-bond acceptors (Lipinski definition) is 7. The van der Waals surface area contributed by atoms with E-state index in [9.17, 15) is 9.90 Å². The number of carboxylic acids is 1. The Kier molecular flexibility index (Phi) is 9.17. The molecule has 210 valence electrons. The first-order valence-corrected chi connectivity index (χ1v) is 15.0. The molecule has 1 aliphatic carbocycles. The SMILES string of the molecule is Cc1ccc(OCc2ccc(CN3CCOCC3)cc2C)c(C2=CSC(N[C@H]3CC[C@@H](C(=O)O)CC3)N2C)c1. The van der Waals surface area contributed by atoms with Crippen LogP contribution in [-0.4, -0.2) is 65.8 Å². The molecule has 2 aromatic carbocycles. The molecule has 2 fully saturated rings. The van der Waals surface area contributed by atoms with Crippen molar-refractivity contribution in [2.45, 2.75) is 64.2 Å². The first-order chi connectivity index (χ1) is 18.9. The van der Waals surface area contributed by atoms with E-state index in [1.807, 2.05) is 0 Å². The average Bonchev–Trinajstić information content (AvgIpc) is 3.29. The lowest BCUT2D eigenvalue weighted by atomic mass is 9.86. The van der Waals surface area contributed by atoms with Crippen LogP contribution in [0.1, 0.15) is 53.5 Å². The Morgan fingerprint density at radius 2 is 1.87 bits per heavy atom. The summed E-state index contributed by atoms with van der Waals surface area (Å²) in [5.41, 5.74) is 7.36. The molecule has 8 heteroatoms. The van der Waals surface area contributed by atoms with Gasteiger partial charge in [0, 0.05) is 38.3 Å². The minimum atomic E-state index is -0.657. The summed E-state index contributed by atoms with van der Waals surface area (Å²) in [4.78, 5) is 16.0. The Morgan fingerprint density at radius 1 is 1.10 bits per heavy atom. The van der Waals surface area contributed by atoms with E-state index in [0.717, 1.165) is 75.5 Å². The maximum atomic E-state index is 11.3. The minimum Gasteiger partial charge on any atom is -0.488 e. The van der Waals surface area contributed by atoms with Crippen LogP contribution < -0.4 is 10.1 Å². The molecule has 1 atom stereocenters. The fourth-order valence-electron chi connectivity index (χ4n) is 5.70. The summed E-state index contributed by atoms with van der Waals surface area (Å²) in [6, 6.07) is 13.5. The molecule has 0 amide bonds. The lowest BCUT2D eigenvalue weighted by Gasteiger charge is -2.33. The number of morpholine rings is 1. The van der Waals surface area contributed by atoms with Crippen LogP contribution in [0.3, 0.4) is 0 Å². The monoisotopic (exact) mass is 551 g/mol. The quantitative estimate of drug-likeness (QED) is 0.440. The van der Waals surface area contributed by atoms with Crippen molar-refractivity contribution in [3.8, 4) is 5.75 Å². The highest BCUT2D eigenvalue weighted by atomic mass is 32.2. The van der Waals surface area contributed by atoms with Crippen molar-refractivity contribution in [2.24, 2.45) is 5.92 Å². The van der Waals surface area contributed by atoms with Crippen molar-refractivity contribution in [1.29, 1.82) is 0 Å². The average molecular weight is 552 g/mol. The van der Waals surface area contributed by atoms with E-state index in [0.29, 0.717) is 12.6 Å².